The zero-order chi connectivity index (χ0) is 22.8. The summed E-state index contributed by atoms with van der Waals surface area (Å²) >= 11 is 4.86. The van der Waals surface area contributed by atoms with Crippen molar-refractivity contribution < 1.29 is 22.6 Å². The summed E-state index contributed by atoms with van der Waals surface area (Å²) in [5.74, 6) is 8.17. The Bertz CT molecular complexity index is 734. The molecule has 1 aliphatic rings. The molecule has 2 aromatic carbocycles. The fraction of sp³-hybridized carbons (Fsp3) is 0.280. The molecule has 2 nitrogen and oxygen atoms in total. The van der Waals surface area contributed by atoms with Crippen LogP contribution in [0, 0.1) is 35.7 Å². The molecule has 161 valence electrons. The molecule has 0 heterocycles. The van der Waals surface area contributed by atoms with Crippen molar-refractivity contribution >= 4 is 36.9 Å². The zero-order valence-electron chi connectivity index (χ0n) is 18.5. The third-order valence-electron chi connectivity index (χ3n) is 5.35. The van der Waals surface area contributed by atoms with E-state index in [1.807, 2.05) is 49.4 Å². The first-order valence-electron chi connectivity index (χ1n) is 9.43. The van der Waals surface area contributed by atoms with Gasteiger partial charge in [0.25, 0.3) is 0 Å². The molecule has 0 amide bonds. The van der Waals surface area contributed by atoms with E-state index in [0.717, 1.165) is 27.2 Å². The van der Waals surface area contributed by atoms with Gasteiger partial charge in [0.05, 0.1) is 12.8 Å². The quantitative estimate of drug-likeness (QED) is 0.240. The number of nitrogens with zero attached hydrogens (tertiary/aromatic N) is 1. The summed E-state index contributed by atoms with van der Waals surface area (Å²) in [5.41, 5.74) is 2.84. The first-order chi connectivity index (χ1) is 14.2. The molecule has 0 spiro atoms. The van der Waals surface area contributed by atoms with Crippen molar-refractivity contribution in [2.75, 3.05) is 7.11 Å². The molecule has 0 unspecified atom stereocenters. The topological polar surface area (TPSA) is 21.6 Å². The second kappa shape index (κ2) is 13.7. The molecule has 5 heteroatoms. The molecule has 0 bridgehead atoms. The zero-order valence-corrected chi connectivity index (χ0v) is 23.2. The van der Waals surface area contributed by atoms with Gasteiger partial charge in [-0.1, -0.05) is 46.0 Å². The molecule has 0 aliphatic heterocycles. The third-order valence-corrected chi connectivity index (χ3v) is 5.84. The minimum absolute atomic E-state index is 0.835. The van der Waals surface area contributed by atoms with E-state index in [1.54, 1.807) is 7.11 Å². The van der Waals surface area contributed by atoms with Crippen molar-refractivity contribution in [3.63, 3.8) is 0 Å². The molecule has 0 N–H and O–H groups in total. The van der Waals surface area contributed by atoms with Crippen LogP contribution in [0.25, 0.3) is 0 Å². The van der Waals surface area contributed by atoms with Gasteiger partial charge in [0, 0.05) is 0 Å². The van der Waals surface area contributed by atoms with Gasteiger partial charge in [-0.15, -0.1) is 45.8 Å². The first kappa shape index (κ1) is 27.4. The van der Waals surface area contributed by atoms with Crippen LogP contribution in [0.15, 0.2) is 51.9 Å². The SMILES string of the molecule is COc1ccc(N=C(C)c2[c-]cc(Br)cc2)cc1.C[C]1[C](C)[C](C)[C](C)[C]1C.[Cl][Ir+2]. The monoisotopic (exact) mass is 665 g/mol. The van der Waals surface area contributed by atoms with Crippen molar-refractivity contribution in [2.45, 2.75) is 41.5 Å². The summed E-state index contributed by atoms with van der Waals surface area (Å²) in [7, 11) is 6.29. The molecule has 2 aromatic rings. The number of hydrogen-bond acceptors (Lipinski definition) is 2. The number of methoxy groups -OCH3 is 1. The van der Waals surface area contributed by atoms with Crippen LogP contribution in [-0.4, -0.2) is 12.8 Å². The molecule has 0 atom stereocenters. The summed E-state index contributed by atoms with van der Waals surface area (Å²) in [6.07, 6.45) is 0. The molecular formula is C25H28BrClIrNO+. The molecule has 0 aromatic heterocycles. The van der Waals surface area contributed by atoms with Gasteiger partial charge >= 0.3 is 27.5 Å². The van der Waals surface area contributed by atoms with E-state index in [-0.39, 0.29) is 0 Å². The number of aliphatic imine (C=N–C) groups is 1. The Hall–Kier alpha value is -0.671. The average molecular weight is 666 g/mol. The molecule has 1 fully saturated rings. The fourth-order valence-corrected chi connectivity index (χ4v) is 3.19. The predicted octanol–water partition coefficient (Wildman–Crippen LogP) is 8.06. The van der Waals surface area contributed by atoms with Crippen LogP contribution in [0.4, 0.5) is 5.69 Å². The Morgan fingerprint density at radius 1 is 0.867 bits per heavy atom. The number of ether oxygens (including phenoxy) is 1. The van der Waals surface area contributed by atoms with Crippen LogP contribution in [0.1, 0.15) is 47.1 Å². The maximum absolute atomic E-state index is 5.11. The van der Waals surface area contributed by atoms with E-state index in [1.165, 1.54) is 47.5 Å². The third kappa shape index (κ3) is 7.79. The fourth-order valence-electron chi connectivity index (χ4n) is 2.95. The first-order valence-corrected chi connectivity index (χ1v) is 13.2. The van der Waals surface area contributed by atoms with Crippen LogP contribution < -0.4 is 4.74 Å². The van der Waals surface area contributed by atoms with Gasteiger partial charge in [0.15, 0.2) is 0 Å². The number of halogens is 2. The molecule has 5 radical (unpaired) electrons. The van der Waals surface area contributed by atoms with Crippen LogP contribution in [-0.2, 0) is 17.9 Å². The van der Waals surface area contributed by atoms with Crippen LogP contribution in [0.5, 0.6) is 5.75 Å². The summed E-state index contributed by atoms with van der Waals surface area (Å²) in [6.45, 7) is 13.0. The molecule has 1 saturated carbocycles. The van der Waals surface area contributed by atoms with E-state index < -0.39 is 0 Å². The second-order valence-corrected chi connectivity index (χ2v) is 7.86. The van der Waals surface area contributed by atoms with Crippen LogP contribution in [0.2, 0.25) is 0 Å². The maximum atomic E-state index is 5.11. The summed E-state index contributed by atoms with van der Waals surface area (Å²) in [4.78, 5) is 4.55. The molecule has 0 saturated heterocycles. The Kier molecular flexibility index (Phi) is 12.5. The van der Waals surface area contributed by atoms with Crippen molar-refractivity contribution in [1.82, 2.24) is 0 Å². The Morgan fingerprint density at radius 2 is 1.33 bits per heavy atom. The van der Waals surface area contributed by atoms with E-state index >= 15 is 0 Å². The standard InChI is InChI=1S/C15H13BrNO.C10H15.ClH.Ir/c1-11(12-3-5-13(16)6-4-12)17-14-7-9-15(18-2)10-8-14;1-6-7(2)9(4)10(5)8(6)3;;/h3,5-10H,1-2H3;1-5H3;1H;/q-1;;;+3/p-1. The average Bonchev–Trinajstić information content (AvgIpc) is 2.94. The van der Waals surface area contributed by atoms with Crippen molar-refractivity contribution in [2.24, 2.45) is 4.99 Å². The molecule has 30 heavy (non-hydrogen) atoms. The van der Waals surface area contributed by atoms with E-state index in [2.05, 4.69) is 71.2 Å². The summed E-state index contributed by atoms with van der Waals surface area (Å²) in [6, 6.07) is 16.7. The Morgan fingerprint density at radius 3 is 1.70 bits per heavy atom. The van der Waals surface area contributed by atoms with Gasteiger partial charge in [0.1, 0.15) is 5.75 Å². The van der Waals surface area contributed by atoms with Crippen molar-refractivity contribution in [3.05, 3.63) is 88.2 Å². The summed E-state index contributed by atoms with van der Waals surface area (Å²) < 4.78 is 6.13. The van der Waals surface area contributed by atoms with Gasteiger partial charge in [-0.05, 0) is 59.6 Å². The minimum atomic E-state index is 0.835. The van der Waals surface area contributed by atoms with Gasteiger partial charge in [-0.3, -0.25) is 0 Å². The van der Waals surface area contributed by atoms with Crippen LogP contribution >= 0.6 is 25.5 Å². The van der Waals surface area contributed by atoms with Gasteiger partial charge in [-0.2, -0.15) is 0 Å². The molecule has 3 rings (SSSR count). The second-order valence-electron chi connectivity index (χ2n) is 6.94. The molecular weight excluding hydrogens is 638 g/mol. The molecule has 1 aliphatic carbocycles. The number of hydrogen-bond donors (Lipinski definition) is 0. The van der Waals surface area contributed by atoms with Gasteiger partial charge in [-0.25, -0.2) is 0 Å². The van der Waals surface area contributed by atoms with E-state index in [0.29, 0.717) is 0 Å². The number of rotatable bonds is 3. The summed E-state index contributed by atoms with van der Waals surface area (Å²) in [5, 5.41) is 0. The van der Waals surface area contributed by atoms with E-state index in [9.17, 15) is 0 Å². The van der Waals surface area contributed by atoms with Crippen molar-refractivity contribution in [3.8, 4) is 5.75 Å². The van der Waals surface area contributed by atoms with Gasteiger partial charge < -0.3 is 9.73 Å². The van der Waals surface area contributed by atoms with Crippen molar-refractivity contribution in [1.29, 1.82) is 0 Å². The normalized spacial score (nSPS) is 16.5. The van der Waals surface area contributed by atoms with Crippen LogP contribution in [0.3, 0.4) is 0 Å². The predicted molar refractivity (Wildman–Crippen MR) is 128 cm³/mol. The Balaban J connectivity index is 0.000000318. The Labute approximate surface area is 206 Å². The van der Waals surface area contributed by atoms with Gasteiger partial charge in [0.2, 0.25) is 0 Å². The number of benzene rings is 2. The van der Waals surface area contributed by atoms with E-state index in [4.69, 9.17) is 4.74 Å².